The van der Waals surface area contributed by atoms with Crippen molar-refractivity contribution in [1.29, 1.82) is 0 Å². The lowest BCUT2D eigenvalue weighted by molar-refractivity contribution is 0.0720. The average molecular weight is 216 g/mol. The molecule has 1 heterocycles. The number of hydrogen-bond donors (Lipinski definition) is 1. The number of anilines is 1. The maximum atomic E-state index is 12.1. The van der Waals surface area contributed by atoms with Gasteiger partial charge in [-0.15, -0.1) is 0 Å². The van der Waals surface area contributed by atoms with Crippen LogP contribution in [0.3, 0.4) is 0 Å². The number of nitrogens with zero attached hydrogens (tertiary/aromatic N) is 1. The van der Waals surface area contributed by atoms with Crippen molar-refractivity contribution in [3.63, 3.8) is 0 Å². The van der Waals surface area contributed by atoms with Gasteiger partial charge in [0, 0.05) is 18.8 Å². The number of nitrogen functional groups attached to an aromatic ring is 1. The normalized spacial score (nSPS) is 19.8. The summed E-state index contributed by atoms with van der Waals surface area (Å²) in [7, 11) is 0. The van der Waals surface area contributed by atoms with E-state index in [1.807, 2.05) is 23.1 Å². The van der Waals surface area contributed by atoms with Crippen LogP contribution >= 0.6 is 0 Å². The van der Waals surface area contributed by atoms with Crippen LogP contribution in [-0.2, 0) is 6.54 Å². The van der Waals surface area contributed by atoms with Crippen LogP contribution in [0.15, 0.2) is 18.2 Å². The van der Waals surface area contributed by atoms with Gasteiger partial charge in [-0.3, -0.25) is 4.79 Å². The molecule has 2 aliphatic rings. The zero-order chi connectivity index (χ0) is 11.1. The lowest BCUT2D eigenvalue weighted by Crippen LogP contribution is -2.32. The predicted octanol–water partition coefficient (Wildman–Crippen LogP) is 2.02. The fraction of sp³-hybridized carbons (Fsp3) is 0.462. The number of nitrogens with two attached hydrogens (primary N) is 1. The third kappa shape index (κ3) is 1.39. The molecule has 16 heavy (non-hydrogen) atoms. The van der Waals surface area contributed by atoms with Crippen molar-refractivity contribution < 1.29 is 4.79 Å². The van der Waals surface area contributed by atoms with Crippen LogP contribution < -0.4 is 5.73 Å². The minimum atomic E-state index is 0.125. The Bertz CT molecular complexity index is 438. The first kappa shape index (κ1) is 9.70. The summed E-state index contributed by atoms with van der Waals surface area (Å²) in [5.74, 6) is 0.847. The fourth-order valence-electron chi connectivity index (χ4n) is 2.58. The molecule has 1 aromatic rings. The highest BCUT2D eigenvalue weighted by Gasteiger charge is 2.31. The maximum Gasteiger partial charge on any atom is 0.256 e. The van der Waals surface area contributed by atoms with Gasteiger partial charge in [0.15, 0.2) is 0 Å². The van der Waals surface area contributed by atoms with Gasteiger partial charge in [-0.1, -0.05) is 18.6 Å². The number of hydrogen-bond acceptors (Lipinski definition) is 2. The van der Waals surface area contributed by atoms with Crippen molar-refractivity contribution in [3.8, 4) is 0 Å². The molecule has 3 nitrogen and oxygen atoms in total. The Hall–Kier alpha value is -1.51. The van der Waals surface area contributed by atoms with Crippen molar-refractivity contribution >= 4 is 11.6 Å². The van der Waals surface area contributed by atoms with E-state index < -0.39 is 0 Å². The van der Waals surface area contributed by atoms with E-state index in [0.717, 1.165) is 30.1 Å². The van der Waals surface area contributed by atoms with Crippen molar-refractivity contribution in [2.45, 2.75) is 25.8 Å². The molecule has 1 saturated carbocycles. The molecule has 1 aliphatic carbocycles. The number of carbonyl (C=O) groups is 1. The van der Waals surface area contributed by atoms with Gasteiger partial charge in [0.25, 0.3) is 5.91 Å². The lowest BCUT2D eigenvalue weighted by atomic mass is 9.85. The highest BCUT2D eigenvalue weighted by Crippen LogP contribution is 2.32. The Morgan fingerprint density at radius 2 is 2.19 bits per heavy atom. The summed E-state index contributed by atoms with van der Waals surface area (Å²) in [5.41, 5.74) is 8.30. The van der Waals surface area contributed by atoms with Crippen LogP contribution in [0.5, 0.6) is 0 Å². The highest BCUT2D eigenvalue weighted by atomic mass is 16.2. The van der Waals surface area contributed by atoms with Crippen LogP contribution in [0, 0.1) is 5.92 Å². The quantitative estimate of drug-likeness (QED) is 0.769. The first-order chi connectivity index (χ1) is 7.75. The molecule has 0 aromatic heterocycles. The Morgan fingerprint density at radius 3 is 2.81 bits per heavy atom. The van der Waals surface area contributed by atoms with E-state index in [1.54, 1.807) is 0 Å². The SMILES string of the molecule is Nc1cccc2c1C(=O)N(CC1CCC1)C2. The van der Waals surface area contributed by atoms with Gasteiger partial charge in [-0.2, -0.15) is 0 Å². The third-order valence-electron chi connectivity index (χ3n) is 3.75. The van der Waals surface area contributed by atoms with E-state index >= 15 is 0 Å². The second-order valence-corrected chi connectivity index (χ2v) is 4.86. The monoisotopic (exact) mass is 216 g/mol. The van der Waals surface area contributed by atoms with Crippen LogP contribution in [0.25, 0.3) is 0 Å². The van der Waals surface area contributed by atoms with Crippen LogP contribution in [0.1, 0.15) is 35.2 Å². The average Bonchev–Trinajstić information content (AvgIpc) is 2.51. The van der Waals surface area contributed by atoms with E-state index in [0.29, 0.717) is 5.69 Å². The molecule has 1 aromatic carbocycles. The summed E-state index contributed by atoms with van der Waals surface area (Å²) in [4.78, 5) is 14.1. The van der Waals surface area contributed by atoms with Crippen molar-refractivity contribution in [2.75, 3.05) is 12.3 Å². The molecule has 0 unspecified atom stereocenters. The first-order valence-corrected chi connectivity index (χ1v) is 5.92. The second kappa shape index (κ2) is 3.51. The summed E-state index contributed by atoms with van der Waals surface area (Å²) in [5, 5.41) is 0. The molecule has 3 heteroatoms. The van der Waals surface area contributed by atoms with Crippen LogP contribution in [-0.4, -0.2) is 17.4 Å². The number of carbonyl (C=O) groups excluding carboxylic acids is 1. The highest BCUT2D eigenvalue weighted by molar-refractivity contribution is 6.03. The standard InChI is InChI=1S/C13H16N2O/c14-11-6-2-5-10-8-15(13(16)12(10)11)7-9-3-1-4-9/h2,5-6,9H,1,3-4,7-8,14H2. The number of benzene rings is 1. The summed E-state index contributed by atoms with van der Waals surface area (Å²) >= 11 is 0. The Balaban J connectivity index is 1.83. The molecule has 0 spiro atoms. The number of amides is 1. The van der Waals surface area contributed by atoms with Gasteiger partial charge in [0.1, 0.15) is 0 Å². The van der Waals surface area contributed by atoms with Gasteiger partial charge in [-0.05, 0) is 30.4 Å². The summed E-state index contributed by atoms with van der Waals surface area (Å²) in [6.45, 7) is 1.66. The topological polar surface area (TPSA) is 46.3 Å². The Kier molecular flexibility index (Phi) is 2.13. The Morgan fingerprint density at radius 1 is 1.38 bits per heavy atom. The smallest absolute Gasteiger partial charge is 0.256 e. The molecule has 0 atom stereocenters. The van der Waals surface area contributed by atoms with Gasteiger partial charge in [0.05, 0.1) is 5.56 Å². The van der Waals surface area contributed by atoms with Crippen molar-refractivity contribution in [1.82, 2.24) is 4.90 Å². The Labute approximate surface area is 95.2 Å². The van der Waals surface area contributed by atoms with E-state index in [2.05, 4.69) is 0 Å². The van der Waals surface area contributed by atoms with Crippen LogP contribution in [0.2, 0.25) is 0 Å². The van der Waals surface area contributed by atoms with Gasteiger partial charge in [-0.25, -0.2) is 0 Å². The summed E-state index contributed by atoms with van der Waals surface area (Å²) in [6.07, 6.45) is 3.87. The molecule has 1 amide bonds. The molecular weight excluding hydrogens is 200 g/mol. The zero-order valence-corrected chi connectivity index (χ0v) is 9.28. The molecule has 1 aliphatic heterocycles. The van der Waals surface area contributed by atoms with E-state index in [4.69, 9.17) is 5.73 Å². The van der Waals surface area contributed by atoms with E-state index in [1.165, 1.54) is 19.3 Å². The second-order valence-electron chi connectivity index (χ2n) is 4.86. The zero-order valence-electron chi connectivity index (χ0n) is 9.28. The molecular formula is C13H16N2O. The fourth-order valence-corrected chi connectivity index (χ4v) is 2.58. The van der Waals surface area contributed by atoms with Gasteiger partial charge < -0.3 is 10.6 Å². The van der Waals surface area contributed by atoms with Crippen molar-refractivity contribution in [3.05, 3.63) is 29.3 Å². The van der Waals surface area contributed by atoms with Crippen LogP contribution in [0.4, 0.5) is 5.69 Å². The first-order valence-electron chi connectivity index (χ1n) is 5.92. The minimum Gasteiger partial charge on any atom is -0.398 e. The number of fused-ring (bicyclic) bond motifs is 1. The summed E-state index contributed by atoms with van der Waals surface area (Å²) in [6, 6.07) is 5.74. The largest absolute Gasteiger partial charge is 0.398 e. The van der Waals surface area contributed by atoms with Crippen molar-refractivity contribution in [2.24, 2.45) is 5.92 Å². The molecule has 3 rings (SSSR count). The molecule has 0 saturated heterocycles. The molecule has 2 N–H and O–H groups in total. The molecule has 0 bridgehead atoms. The lowest BCUT2D eigenvalue weighted by Gasteiger charge is -2.29. The van der Waals surface area contributed by atoms with Gasteiger partial charge >= 0.3 is 0 Å². The molecule has 0 radical (unpaired) electrons. The predicted molar refractivity (Wildman–Crippen MR) is 62.9 cm³/mol. The maximum absolute atomic E-state index is 12.1. The van der Waals surface area contributed by atoms with E-state index in [9.17, 15) is 4.79 Å². The molecule has 84 valence electrons. The summed E-state index contributed by atoms with van der Waals surface area (Å²) < 4.78 is 0. The minimum absolute atomic E-state index is 0.125. The van der Waals surface area contributed by atoms with E-state index in [-0.39, 0.29) is 5.91 Å². The van der Waals surface area contributed by atoms with Gasteiger partial charge in [0.2, 0.25) is 0 Å². The number of rotatable bonds is 2. The molecule has 1 fully saturated rings. The third-order valence-corrected chi connectivity index (χ3v) is 3.75.